The normalized spacial score (nSPS) is 22.8. The summed E-state index contributed by atoms with van der Waals surface area (Å²) in [4.78, 5) is 10.2. The molecule has 9 heteroatoms. The van der Waals surface area contributed by atoms with Crippen LogP contribution in [0.4, 0.5) is 5.69 Å². The van der Waals surface area contributed by atoms with Crippen LogP contribution in [-0.2, 0) is 10.0 Å². The van der Waals surface area contributed by atoms with Gasteiger partial charge < -0.3 is 5.73 Å². The molecule has 1 heterocycles. The highest BCUT2D eigenvalue weighted by Crippen LogP contribution is 2.32. The topological polar surface area (TPSA) is 107 Å². The molecule has 1 aromatic rings. The highest BCUT2D eigenvalue weighted by atomic mass is 35.5. The monoisotopic (exact) mass is 335 g/mol. The molecule has 1 fully saturated rings. The summed E-state index contributed by atoms with van der Waals surface area (Å²) in [5.74, 6) is 0.0350. The lowest BCUT2D eigenvalue weighted by molar-refractivity contribution is -0.387. The van der Waals surface area contributed by atoms with Gasteiger partial charge in [-0.1, -0.05) is 19.1 Å². The van der Waals surface area contributed by atoms with Crippen LogP contribution in [0.15, 0.2) is 23.1 Å². The first-order chi connectivity index (χ1) is 9.25. The second-order valence-corrected chi connectivity index (χ2v) is 7.02. The van der Waals surface area contributed by atoms with E-state index in [2.05, 4.69) is 0 Å². The van der Waals surface area contributed by atoms with E-state index in [4.69, 9.17) is 5.73 Å². The molecule has 2 rings (SSSR count). The molecule has 7 nitrogen and oxygen atoms in total. The summed E-state index contributed by atoms with van der Waals surface area (Å²) in [7, 11) is -3.90. The number of nitro groups is 1. The Bertz CT molecular complexity index is 640. The number of nitro benzene ring substituents is 1. The lowest BCUT2D eigenvalue weighted by Crippen LogP contribution is -2.33. The summed E-state index contributed by atoms with van der Waals surface area (Å²) in [6, 6.07) is 4.00. The molecule has 0 amide bonds. The van der Waals surface area contributed by atoms with Gasteiger partial charge in [-0.2, -0.15) is 4.31 Å². The van der Waals surface area contributed by atoms with Crippen molar-refractivity contribution in [3.8, 4) is 0 Å². The Morgan fingerprint density at radius 1 is 1.38 bits per heavy atom. The zero-order valence-electron chi connectivity index (χ0n) is 11.7. The number of hydrogen-bond donors (Lipinski definition) is 1. The number of nitrogens with zero attached hydrogens (tertiary/aromatic N) is 2. The lowest BCUT2D eigenvalue weighted by atomic mass is 10.1. The number of aryl methyl sites for hydroxylation is 1. The van der Waals surface area contributed by atoms with E-state index in [1.807, 2.05) is 6.92 Å². The zero-order valence-corrected chi connectivity index (χ0v) is 13.4. The van der Waals surface area contributed by atoms with Crippen molar-refractivity contribution in [2.45, 2.75) is 24.8 Å². The van der Waals surface area contributed by atoms with Crippen molar-refractivity contribution < 1.29 is 13.3 Å². The Hall–Kier alpha value is -1.22. The fraction of sp³-hybridized carbons (Fsp3) is 0.500. The molecular formula is C12H18ClN3O4S. The molecular weight excluding hydrogens is 318 g/mol. The van der Waals surface area contributed by atoms with E-state index in [0.717, 1.165) is 0 Å². The van der Waals surface area contributed by atoms with Crippen molar-refractivity contribution in [2.24, 2.45) is 11.7 Å². The average molecular weight is 336 g/mol. The standard InChI is InChI=1S/C12H17N3O4S.ClH/c1-8-4-3-5-11(15(16)17)12(8)20(18,19)14-6-9(2)10(13)7-14;/h3-5,9-10H,6-7,13H2,1-2H3;1H. The molecule has 0 aliphatic carbocycles. The third-order valence-corrected chi connectivity index (χ3v) is 5.65. The van der Waals surface area contributed by atoms with Gasteiger partial charge in [0.2, 0.25) is 10.0 Å². The Kier molecular flexibility index (Phi) is 5.32. The predicted octanol–water partition coefficient (Wildman–Crippen LogP) is 1.29. The number of rotatable bonds is 3. The highest BCUT2D eigenvalue weighted by molar-refractivity contribution is 7.89. The minimum absolute atomic E-state index is 0. The maximum absolute atomic E-state index is 12.6. The first-order valence-corrected chi connectivity index (χ1v) is 7.69. The number of sulfonamides is 1. The SMILES string of the molecule is Cc1cccc([N+](=O)[O-])c1S(=O)(=O)N1CC(C)C(N)C1.Cl. The molecule has 21 heavy (non-hydrogen) atoms. The van der Waals surface area contributed by atoms with Crippen LogP contribution in [0.2, 0.25) is 0 Å². The van der Waals surface area contributed by atoms with Crippen molar-refractivity contribution in [3.63, 3.8) is 0 Å². The van der Waals surface area contributed by atoms with Crippen LogP contribution >= 0.6 is 12.4 Å². The summed E-state index contributed by atoms with van der Waals surface area (Å²) in [5.41, 5.74) is 5.82. The Morgan fingerprint density at radius 3 is 2.48 bits per heavy atom. The molecule has 0 bridgehead atoms. The molecule has 2 unspecified atom stereocenters. The summed E-state index contributed by atoms with van der Waals surface area (Å²) >= 11 is 0. The second kappa shape index (κ2) is 6.27. The molecule has 1 aromatic carbocycles. The molecule has 0 aromatic heterocycles. The van der Waals surface area contributed by atoms with Gasteiger partial charge in [0.05, 0.1) is 4.92 Å². The number of hydrogen-bond acceptors (Lipinski definition) is 5. The van der Waals surface area contributed by atoms with Gasteiger partial charge in [0.15, 0.2) is 4.90 Å². The molecule has 0 saturated carbocycles. The van der Waals surface area contributed by atoms with Gasteiger partial charge in [-0.3, -0.25) is 10.1 Å². The Morgan fingerprint density at radius 2 is 2.00 bits per heavy atom. The number of nitrogens with two attached hydrogens (primary N) is 1. The first kappa shape index (κ1) is 17.8. The highest BCUT2D eigenvalue weighted by Gasteiger charge is 2.39. The van der Waals surface area contributed by atoms with Crippen molar-refractivity contribution in [1.29, 1.82) is 0 Å². The van der Waals surface area contributed by atoms with E-state index < -0.39 is 20.6 Å². The summed E-state index contributed by atoms with van der Waals surface area (Å²) in [6.07, 6.45) is 0. The molecule has 2 N–H and O–H groups in total. The van der Waals surface area contributed by atoms with E-state index in [1.54, 1.807) is 13.0 Å². The first-order valence-electron chi connectivity index (χ1n) is 6.25. The predicted molar refractivity (Wildman–Crippen MR) is 81.0 cm³/mol. The molecule has 0 radical (unpaired) electrons. The quantitative estimate of drug-likeness (QED) is 0.661. The van der Waals surface area contributed by atoms with Crippen LogP contribution in [0.1, 0.15) is 12.5 Å². The van der Waals surface area contributed by atoms with Crippen molar-refractivity contribution >= 4 is 28.1 Å². The molecule has 0 spiro atoms. The van der Waals surface area contributed by atoms with Crippen molar-refractivity contribution in [1.82, 2.24) is 4.31 Å². The minimum Gasteiger partial charge on any atom is -0.326 e. The summed E-state index contributed by atoms with van der Waals surface area (Å²) in [6.45, 7) is 3.90. The molecule has 2 atom stereocenters. The van der Waals surface area contributed by atoms with Crippen LogP contribution < -0.4 is 5.73 Å². The van der Waals surface area contributed by atoms with E-state index in [0.29, 0.717) is 5.56 Å². The molecule has 118 valence electrons. The van der Waals surface area contributed by atoms with Gasteiger partial charge in [0.1, 0.15) is 0 Å². The van der Waals surface area contributed by atoms with Gasteiger partial charge >= 0.3 is 0 Å². The van der Waals surface area contributed by atoms with Gasteiger partial charge in [-0.15, -0.1) is 12.4 Å². The number of benzene rings is 1. The third kappa shape index (κ3) is 3.18. The van der Waals surface area contributed by atoms with E-state index >= 15 is 0 Å². The average Bonchev–Trinajstić information content (AvgIpc) is 2.69. The molecule has 1 saturated heterocycles. The zero-order chi connectivity index (χ0) is 15.1. The summed E-state index contributed by atoms with van der Waals surface area (Å²) < 4.78 is 26.5. The van der Waals surface area contributed by atoms with Gasteiger partial charge in [-0.25, -0.2) is 8.42 Å². The minimum atomic E-state index is -3.90. The van der Waals surface area contributed by atoms with Crippen LogP contribution in [0.25, 0.3) is 0 Å². The Labute approximate surface area is 129 Å². The van der Waals surface area contributed by atoms with E-state index in [1.165, 1.54) is 16.4 Å². The smallest absolute Gasteiger partial charge is 0.289 e. The van der Waals surface area contributed by atoms with Crippen LogP contribution in [0.5, 0.6) is 0 Å². The Balaban J connectivity index is 0.00000220. The summed E-state index contributed by atoms with van der Waals surface area (Å²) in [5, 5.41) is 11.1. The molecule has 1 aliphatic rings. The van der Waals surface area contributed by atoms with E-state index in [9.17, 15) is 18.5 Å². The van der Waals surface area contributed by atoms with Crippen molar-refractivity contribution in [2.75, 3.05) is 13.1 Å². The van der Waals surface area contributed by atoms with Crippen LogP contribution in [0, 0.1) is 23.0 Å². The maximum Gasteiger partial charge on any atom is 0.289 e. The lowest BCUT2D eigenvalue weighted by Gasteiger charge is -2.17. The largest absolute Gasteiger partial charge is 0.326 e. The van der Waals surface area contributed by atoms with Crippen molar-refractivity contribution in [3.05, 3.63) is 33.9 Å². The fourth-order valence-electron chi connectivity index (χ4n) is 2.39. The third-order valence-electron chi connectivity index (χ3n) is 3.62. The van der Waals surface area contributed by atoms with Crippen LogP contribution in [-0.4, -0.2) is 36.8 Å². The van der Waals surface area contributed by atoms with Gasteiger partial charge in [0, 0.05) is 25.2 Å². The van der Waals surface area contributed by atoms with Gasteiger partial charge in [0.25, 0.3) is 5.69 Å². The van der Waals surface area contributed by atoms with Gasteiger partial charge in [-0.05, 0) is 18.4 Å². The molecule has 1 aliphatic heterocycles. The van der Waals surface area contributed by atoms with E-state index in [-0.39, 0.29) is 42.4 Å². The van der Waals surface area contributed by atoms with Crippen LogP contribution in [0.3, 0.4) is 0 Å². The second-order valence-electron chi connectivity index (χ2n) is 5.14. The number of halogens is 1. The maximum atomic E-state index is 12.6. The fourth-order valence-corrected chi connectivity index (χ4v) is 4.33.